The van der Waals surface area contributed by atoms with E-state index in [4.69, 9.17) is 0 Å². The van der Waals surface area contributed by atoms with Gasteiger partial charge in [-0.25, -0.2) is 13.1 Å². The first-order valence-corrected chi connectivity index (χ1v) is 12.0. The van der Waals surface area contributed by atoms with Gasteiger partial charge in [0.1, 0.15) is 0 Å². The number of nitrogens with one attached hydrogen (secondary N) is 2. The predicted molar refractivity (Wildman–Crippen MR) is 114 cm³/mol. The molecule has 4 rings (SSSR count). The van der Waals surface area contributed by atoms with Crippen LogP contribution in [0.2, 0.25) is 0 Å². The highest BCUT2D eigenvalue weighted by Crippen LogP contribution is 2.33. The summed E-state index contributed by atoms with van der Waals surface area (Å²) in [4.78, 5) is 13.5. The van der Waals surface area contributed by atoms with Crippen molar-refractivity contribution in [3.63, 3.8) is 0 Å². The second kappa shape index (κ2) is 8.08. The fourth-order valence-corrected chi connectivity index (χ4v) is 5.34. The SMILES string of the molecule is O=C(Nc1cc(S(=O)(=O)NC2CC2)ccc1-c1ccsc1)Sc1ccccc1. The summed E-state index contributed by atoms with van der Waals surface area (Å²) in [5, 5.41) is 6.50. The molecular formula is C20H18N2O3S3. The summed E-state index contributed by atoms with van der Waals surface area (Å²) in [6.45, 7) is 0. The monoisotopic (exact) mass is 430 g/mol. The highest BCUT2D eigenvalue weighted by atomic mass is 32.2. The van der Waals surface area contributed by atoms with Gasteiger partial charge in [0.25, 0.3) is 5.24 Å². The normalized spacial score (nSPS) is 14.0. The van der Waals surface area contributed by atoms with Crippen molar-refractivity contribution < 1.29 is 13.2 Å². The van der Waals surface area contributed by atoms with Gasteiger partial charge in [0.2, 0.25) is 10.0 Å². The number of anilines is 1. The van der Waals surface area contributed by atoms with Gasteiger partial charge in [-0.2, -0.15) is 11.3 Å². The lowest BCUT2D eigenvalue weighted by Crippen LogP contribution is -2.25. The lowest BCUT2D eigenvalue weighted by atomic mass is 10.1. The standard InChI is InChI=1S/C20H18N2O3S3/c23-20(27-16-4-2-1-3-5-16)21-19-12-17(28(24,25)22-15-6-7-15)8-9-18(19)14-10-11-26-13-14/h1-5,8-13,15,22H,6-7H2,(H,21,23). The average molecular weight is 431 g/mol. The molecule has 1 aliphatic carbocycles. The molecule has 3 aromatic rings. The molecule has 144 valence electrons. The molecule has 0 aliphatic heterocycles. The molecule has 1 aromatic heterocycles. The molecule has 0 radical (unpaired) electrons. The molecule has 8 heteroatoms. The number of hydrogen-bond donors (Lipinski definition) is 2. The molecule has 28 heavy (non-hydrogen) atoms. The van der Waals surface area contributed by atoms with Gasteiger partial charge < -0.3 is 5.32 Å². The van der Waals surface area contributed by atoms with Crippen LogP contribution in [0.5, 0.6) is 0 Å². The number of benzene rings is 2. The van der Waals surface area contributed by atoms with Gasteiger partial charge >= 0.3 is 0 Å². The van der Waals surface area contributed by atoms with E-state index in [-0.39, 0.29) is 16.2 Å². The van der Waals surface area contributed by atoms with Crippen molar-refractivity contribution in [2.75, 3.05) is 5.32 Å². The predicted octanol–water partition coefficient (Wildman–Crippen LogP) is 5.18. The Morgan fingerprint density at radius 1 is 1.07 bits per heavy atom. The van der Waals surface area contributed by atoms with Crippen LogP contribution >= 0.6 is 23.1 Å². The van der Waals surface area contributed by atoms with Gasteiger partial charge in [0.15, 0.2) is 0 Å². The van der Waals surface area contributed by atoms with Crippen LogP contribution in [0.4, 0.5) is 10.5 Å². The van der Waals surface area contributed by atoms with E-state index in [0.717, 1.165) is 40.6 Å². The van der Waals surface area contributed by atoms with Gasteiger partial charge in [-0.15, -0.1) is 0 Å². The molecule has 5 nitrogen and oxygen atoms in total. The number of sulfonamides is 1. The second-order valence-corrected chi connectivity index (χ2v) is 9.98. The van der Waals surface area contributed by atoms with Crippen LogP contribution in [0.25, 0.3) is 11.1 Å². The summed E-state index contributed by atoms with van der Waals surface area (Å²) >= 11 is 2.61. The zero-order chi connectivity index (χ0) is 19.6. The van der Waals surface area contributed by atoms with Gasteiger partial charge in [0.05, 0.1) is 10.6 Å². The van der Waals surface area contributed by atoms with Crippen molar-refractivity contribution in [1.82, 2.24) is 4.72 Å². The van der Waals surface area contributed by atoms with E-state index in [0.29, 0.717) is 5.69 Å². The first kappa shape index (κ1) is 19.2. The van der Waals surface area contributed by atoms with Gasteiger partial charge in [0, 0.05) is 16.5 Å². The van der Waals surface area contributed by atoms with Gasteiger partial charge in [-0.3, -0.25) is 4.79 Å². The number of carbonyl (C=O) groups is 1. The van der Waals surface area contributed by atoms with Crippen LogP contribution in [0.3, 0.4) is 0 Å². The van der Waals surface area contributed by atoms with E-state index in [1.165, 1.54) is 6.07 Å². The summed E-state index contributed by atoms with van der Waals surface area (Å²) in [5.74, 6) is 0. The Morgan fingerprint density at radius 2 is 1.86 bits per heavy atom. The fourth-order valence-electron chi connectivity index (χ4n) is 2.68. The minimum absolute atomic E-state index is 0.0215. The van der Waals surface area contributed by atoms with Crippen molar-refractivity contribution >= 4 is 44.0 Å². The summed E-state index contributed by atoms with van der Waals surface area (Å²) in [5.41, 5.74) is 2.20. The summed E-state index contributed by atoms with van der Waals surface area (Å²) in [7, 11) is -3.61. The lowest BCUT2D eigenvalue weighted by molar-refractivity contribution is 0.270. The molecule has 1 heterocycles. The third-order valence-electron chi connectivity index (χ3n) is 4.22. The third kappa shape index (κ3) is 4.64. The highest BCUT2D eigenvalue weighted by Gasteiger charge is 2.28. The van der Waals surface area contributed by atoms with Crippen molar-refractivity contribution in [3.05, 3.63) is 65.4 Å². The van der Waals surface area contributed by atoms with Crippen LogP contribution in [0.15, 0.2) is 75.1 Å². The van der Waals surface area contributed by atoms with Gasteiger partial charge in [-0.1, -0.05) is 24.3 Å². The quantitative estimate of drug-likeness (QED) is 0.529. The minimum atomic E-state index is -3.61. The average Bonchev–Trinajstić information content (AvgIpc) is 3.30. The van der Waals surface area contributed by atoms with Crippen molar-refractivity contribution in [2.45, 2.75) is 28.7 Å². The molecule has 0 bridgehead atoms. The van der Waals surface area contributed by atoms with Crippen LogP contribution in [-0.4, -0.2) is 19.7 Å². The molecule has 0 saturated heterocycles. The maximum Gasteiger partial charge on any atom is 0.288 e. The fraction of sp³-hybridized carbons (Fsp3) is 0.150. The Morgan fingerprint density at radius 3 is 2.54 bits per heavy atom. The Bertz CT molecular complexity index is 1080. The number of thiophene rings is 1. The van der Waals surface area contributed by atoms with Crippen molar-refractivity contribution in [1.29, 1.82) is 0 Å². The summed E-state index contributed by atoms with van der Waals surface area (Å²) < 4.78 is 27.8. The highest BCUT2D eigenvalue weighted by molar-refractivity contribution is 8.13. The maximum absolute atomic E-state index is 12.6. The zero-order valence-electron chi connectivity index (χ0n) is 14.8. The Hall–Kier alpha value is -2.13. The Balaban J connectivity index is 1.64. The summed E-state index contributed by atoms with van der Waals surface area (Å²) in [6.07, 6.45) is 1.73. The van der Waals surface area contributed by atoms with Crippen LogP contribution in [0.1, 0.15) is 12.8 Å². The van der Waals surface area contributed by atoms with E-state index < -0.39 is 10.0 Å². The van der Waals surface area contributed by atoms with Crippen LogP contribution in [0, 0.1) is 0 Å². The smallest absolute Gasteiger partial charge is 0.288 e. The number of carbonyl (C=O) groups excluding carboxylic acids is 1. The number of amides is 1. The van der Waals surface area contributed by atoms with Crippen molar-refractivity contribution in [3.8, 4) is 11.1 Å². The Kier molecular flexibility index (Phi) is 5.54. The van der Waals surface area contributed by atoms with Gasteiger partial charge in [-0.05, 0) is 71.3 Å². The number of rotatable bonds is 6. The molecule has 2 N–H and O–H groups in total. The molecule has 1 aliphatic rings. The lowest BCUT2D eigenvalue weighted by Gasteiger charge is -2.13. The molecule has 0 unspecified atom stereocenters. The summed E-state index contributed by atoms with van der Waals surface area (Å²) in [6, 6.07) is 16.1. The molecule has 1 fully saturated rings. The number of hydrogen-bond acceptors (Lipinski definition) is 5. The first-order chi connectivity index (χ1) is 13.5. The zero-order valence-corrected chi connectivity index (χ0v) is 17.2. The third-order valence-corrected chi connectivity index (χ3v) is 7.22. The second-order valence-electron chi connectivity index (χ2n) is 6.44. The minimum Gasteiger partial charge on any atom is -0.316 e. The van der Waals surface area contributed by atoms with Crippen molar-refractivity contribution in [2.24, 2.45) is 0 Å². The molecule has 1 saturated carbocycles. The van der Waals surface area contributed by atoms with E-state index in [2.05, 4.69) is 10.0 Å². The molecule has 0 spiro atoms. The van der Waals surface area contributed by atoms with Crippen LogP contribution in [-0.2, 0) is 10.0 Å². The largest absolute Gasteiger partial charge is 0.316 e. The molecular weight excluding hydrogens is 412 g/mol. The molecule has 1 amide bonds. The number of thioether (sulfide) groups is 1. The van der Waals surface area contributed by atoms with E-state index in [1.807, 2.05) is 47.2 Å². The Labute approximate surface area is 172 Å². The van der Waals surface area contributed by atoms with E-state index >= 15 is 0 Å². The van der Waals surface area contributed by atoms with E-state index in [1.54, 1.807) is 23.5 Å². The van der Waals surface area contributed by atoms with Crippen LogP contribution < -0.4 is 10.0 Å². The van der Waals surface area contributed by atoms with E-state index in [9.17, 15) is 13.2 Å². The molecule has 0 atom stereocenters. The molecule has 2 aromatic carbocycles. The topological polar surface area (TPSA) is 75.3 Å². The first-order valence-electron chi connectivity index (χ1n) is 8.74. The maximum atomic E-state index is 12.6.